The van der Waals surface area contributed by atoms with Gasteiger partial charge in [0, 0.05) is 22.1 Å². The number of benzene rings is 1. The van der Waals surface area contributed by atoms with Crippen LogP contribution in [0.15, 0.2) is 24.3 Å². The van der Waals surface area contributed by atoms with E-state index in [1.807, 2.05) is 31.2 Å². The summed E-state index contributed by atoms with van der Waals surface area (Å²) in [5.41, 5.74) is 1.78. The minimum atomic E-state index is -1.07. The summed E-state index contributed by atoms with van der Waals surface area (Å²) in [5.74, 6) is 1.11. The Labute approximate surface area is 112 Å². The predicted octanol–water partition coefficient (Wildman–Crippen LogP) is 3.36. The van der Waals surface area contributed by atoms with Crippen molar-refractivity contribution in [2.24, 2.45) is 5.92 Å². The summed E-state index contributed by atoms with van der Waals surface area (Å²) in [6.07, 6.45) is 0.901. The average Bonchev–Trinajstić information content (AvgIpc) is 2.35. The molecule has 0 aliphatic carbocycles. The third-order valence-corrected chi connectivity index (χ3v) is 4.64. The van der Waals surface area contributed by atoms with Gasteiger partial charge in [-0.05, 0) is 26.2 Å². The van der Waals surface area contributed by atoms with Crippen molar-refractivity contribution in [3.8, 4) is 0 Å². The molecule has 0 fully saturated rings. The van der Waals surface area contributed by atoms with Crippen LogP contribution < -0.4 is 0 Å². The number of carbonyl (C=O) groups is 1. The Hall–Kier alpha value is -0.960. The number of rotatable bonds is 6. The van der Waals surface area contributed by atoms with Gasteiger partial charge in [-0.25, -0.2) is 0 Å². The van der Waals surface area contributed by atoms with Gasteiger partial charge in [-0.2, -0.15) is 0 Å². The number of hydrogen-bond acceptors (Lipinski definition) is 2. The Balaban J connectivity index is 2.66. The largest absolute Gasteiger partial charge is 0.293 e. The fourth-order valence-electron chi connectivity index (χ4n) is 1.60. The molecule has 2 nitrogen and oxygen atoms in total. The van der Waals surface area contributed by atoms with Crippen molar-refractivity contribution >= 4 is 16.6 Å². The fourth-order valence-corrected chi connectivity index (χ4v) is 3.03. The molecule has 1 rings (SSSR count). The first kappa shape index (κ1) is 15.1. The first-order valence-electron chi connectivity index (χ1n) is 6.40. The van der Waals surface area contributed by atoms with E-state index in [0.29, 0.717) is 17.2 Å². The van der Waals surface area contributed by atoms with Crippen molar-refractivity contribution in [2.45, 2.75) is 39.4 Å². The van der Waals surface area contributed by atoms with Crippen LogP contribution >= 0.6 is 0 Å². The molecule has 0 N–H and O–H groups in total. The minimum absolute atomic E-state index is 0.0166. The number of carbonyl (C=O) groups excluding carboxylic acids is 1. The highest BCUT2D eigenvalue weighted by Gasteiger charge is 2.21. The van der Waals surface area contributed by atoms with E-state index in [9.17, 15) is 9.00 Å². The average molecular weight is 266 g/mol. The van der Waals surface area contributed by atoms with Gasteiger partial charge in [0.1, 0.15) is 0 Å². The van der Waals surface area contributed by atoms with Crippen LogP contribution in [0.1, 0.15) is 43.1 Å². The normalized spacial score (nSPS) is 14.5. The van der Waals surface area contributed by atoms with Crippen LogP contribution in [0.3, 0.4) is 0 Å². The summed E-state index contributed by atoms with van der Waals surface area (Å²) in [4.78, 5) is 12.1. The molecule has 3 heteroatoms. The summed E-state index contributed by atoms with van der Waals surface area (Å²) in [6, 6.07) is 7.45. The molecule has 1 aromatic carbocycles. The quantitative estimate of drug-likeness (QED) is 0.740. The van der Waals surface area contributed by atoms with Crippen molar-refractivity contribution in [2.75, 3.05) is 5.75 Å². The molecule has 100 valence electrons. The SMILES string of the molecule is Cc1ccc(C(=O)C(C)S(=O)CCC(C)C)cc1. The molecule has 0 radical (unpaired) electrons. The monoisotopic (exact) mass is 266 g/mol. The Morgan fingerprint density at radius 2 is 1.72 bits per heavy atom. The fraction of sp³-hybridized carbons (Fsp3) is 0.533. The van der Waals surface area contributed by atoms with Gasteiger partial charge in [-0.3, -0.25) is 9.00 Å². The van der Waals surface area contributed by atoms with E-state index in [1.165, 1.54) is 0 Å². The van der Waals surface area contributed by atoms with Gasteiger partial charge in [0.2, 0.25) is 0 Å². The summed E-state index contributed by atoms with van der Waals surface area (Å²) in [5, 5.41) is -0.411. The molecule has 0 saturated heterocycles. The van der Waals surface area contributed by atoms with Gasteiger partial charge >= 0.3 is 0 Å². The van der Waals surface area contributed by atoms with Crippen molar-refractivity contribution in [3.05, 3.63) is 35.4 Å². The molecule has 18 heavy (non-hydrogen) atoms. The maximum Gasteiger partial charge on any atom is 0.178 e. The molecule has 2 atom stereocenters. The smallest absolute Gasteiger partial charge is 0.178 e. The standard InChI is InChI=1S/C15H22O2S/c1-11(2)9-10-18(17)13(4)15(16)14-7-5-12(3)6-8-14/h5-8,11,13H,9-10H2,1-4H3. The highest BCUT2D eigenvalue weighted by atomic mass is 32.2. The molecule has 0 spiro atoms. The predicted molar refractivity (Wildman–Crippen MR) is 77.4 cm³/mol. The molecule has 0 bridgehead atoms. The van der Waals surface area contributed by atoms with Crippen LogP contribution in [0, 0.1) is 12.8 Å². The van der Waals surface area contributed by atoms with Gasteiger partial charge in [0.15, 0.2) is 5.78 Å². The molecular weight excluding hydrogens is 244 g/mol. The van der Waals surface area contributed by atoms with Crippen molar-refractivity contribution < 1.29 is 9.00 Å². The second-order valence-corrected chi connectivity index (χ2v) is 7.02. The molecule has 1 aromatic rings. The van der Waals surface area contributed by atoms with Crippen molar-refractivity contribution in [1.29, 1.82) is 0 Å². The van der Waals surface area contributed by atoms with Crippen LogP contribution in [-0.4, -0.2) is 21.0 Å². The minimum Gasteiger partial charge on any atom is -0.293 e. The summed E-state index contributed by atoms with van der Waals surface area (Å²) in [6.45, 7) is 7.95. The number of Topliss-reactive ketones (excluding diaryl/α,β-unsaturated/α-hetero) is 1. The topological polar surface area (TPSA) is 34.1 Å². The van der Waals surface area contributed by atoms with Crippen LogP contribution in [0.25, 0.3) is 0 Å². The van der Waals surface area contributed by atoms with Gasteiger partial charge in [0.05, 0.1) is 5.25 Å². The van der Waals surface area contributed by atoms with E-state index >= 15 is 0 Å². The second kappa shape index (κ2) is 6.83. The lowest BCUT2D eigenvalue weighted by atomic mass is 10.1. The number of hydrogen-bond donors (Lipinski definition) is 0. The maximum absolute atomic E-state index is 12.1. The van der Waals surface area contributed by atoms with Crippen LogP contribution in [0.4, 0.5) is 0 Å². The Morgan fingerprint density at radius 3 is 2.22 bits per heavy atom. The zero-order chi connectivity index (χ0) is 13.7. The second-order valence-electron chi connectivity index (χ2n) is 5.14. The van der Waals surface area contributed by atoms with Crippen molar-refractivity contribution in [1.82, 2.24) is 0 Å². The summed E-state index contributed by atoms with van der Waals surface area (Å²) in [7, 11) is -1.07. The van der Waals surface area contributed by atoms with Crippen LogP contribution in [-0.2, 0) is 10.8 Å². The maximum atomic E-state index is 12.1. The summed E-state index contributed by atoms with van der Waals surface area (Å²) < 4.78 is 12.0. The lowest BCUT2D eigenvalue weighted by Crippen LogP contribution is -2.25. The van der Waals surface area contributed by atoms with E-state index in [-0.39, 0.29) is 5.78 Å². The van der Waals surface area contributed by atoms with Crippen LogP contribution in [0.5, 0.6) is 0 Å². The van der Waals surface area contributed by atoms with E-state index in [0.717, 1.165) is 12.0 Å². The van der Waals surface area contributed by atoms with E-state index in [1.54, 1.807) is 6.92 Å². The van der Waals surface area contributed by atoms with Crippen molar-refractivity contribution in [3.63, 3.8) is 0 Å². The van der Waals surface area contributed by atoms with E-state index < -0.39 is 16.0 Å². The lowest BCUT2D eigenvalue weighted by Gasteiger charge is -2.11. The molecule has 0 aromatic heterocycles. The van der Waals surface area contributed by atoms with Crippen LogP contribution in [0.2, 0.25) is 0 Å². The molecule has 0 saturated carbocycles. The Kier molecular flexibility index (Phi) is 5.73. The molecule has 0 aliphatic rings. The number of ketones is 1. The van der Waals surface area contributed by atoms with E-state index in [4.69, 9.17) is 0 Å². The zero-order valence-corrected chi connectivity index (χ0v) is 12.4. The Bertz CT molecular complexity index is 421. The third kappa shape index (κ3) is 4.37. The van der Waals surface area contributed by atoms with Gasteiger partial charge < -0.3 is 0 Å². The Morgan fingerprint density at radius 1 is 1.17 bits per heavy atom. The highest BCUT2D eigenvalue weighted by Crippen LogP contribution is 2.12. The lowest BCUT2D eigenvalue weighted by molar-refractivity contribution is 0.0992. The first-order chi connectivity index (χ1) is 8.41. The zero-order valence-electron chi connectivity index (χ0n) is 11.6. The molecule has 0 heterocycles. The number of aryl methyl sites for hydroxylation is 1. The highest BCUT2D eigenvalue weighted by molar-refractivity contribution is 7.86. The van der Waals surface area contributed by atoms with E-state index in [2.05, 4.69) is 13.8 Å². The molecule has 2 unspecified atom stereocenters. The molecular formula is C15H22O2S. The first-order valence-corrected chi connectivity index (χ1v) is 7.78. The molecule has 0 amide bonds. The third-order valence-electron chi connectivity index (χ3n) is 3.00. The van der Waals surface area contributed by atoms with Gasteiger partial charge in [-0.1, -0.05) is 43.7 Å². The van der Waals surface area contributed by atoms with Gasteiger partial charge in [0.25, 0.3) is 0 Å². The summed E-state index contributed by atoms with van der Waals surface area (Å²) >= 11 is 0. The van der Waals surface area contributed by atoms with Gasteiger partial charge in [-0.15, -0.1) is 0 Å². The molecule has 0 aliphatic heterocycles.